The molecule has 0 aromatic heterocycles. The van der Waals surface area contributed by atoms with E-state index in [0.29, 0.717) is 6.54 Å². The number of hydrogen-bond donors (Lipinski definition) is 2. The molecule has 1 aliphatic heterocycles. The summed E-state index contributed by atoms with van der Waals surface area (Å²) in [6, 6.07) is 6.16. The first-order chi connectivity index (χ1) is 9.58. The van der Waals surface area contributed by atoms with Crippen LogP contribution in [0.25, 0.3) is 0 Å². The van der Waals surface area contributed by atoms with Crippen molar-refractivity contribution in [1.82, 2.24) is 10.6 Å². The molecule has 2 unspecified atom stereocenters. The molecule has 0 bridgehead atoms. The van der Waals surface area contributed by atoms with E-state index in [2.05, 4.69) is 28.5 Å². The molecule has 1 saturated heterocycles. The largest absolute Gasteiger partial charge is 0.358 e. The van der Waals surface area contributed by atoms with E-state index in [1.807, 2.05) is 26.1 Å². The first-order valence-corrected chi connectivity index (χ1v) is 7.47. The van der Waals surface area contributed by atoms with E-state index in [1.54, 1.807) is 0 Å². The Kier molecular flexibility index (Phi) is 4.89. The molecular formula is C15H22ClN3O. The van der Waals surface area contributed by atoms with E-state index in [1.165, 1.54) is 0 Å². The zero-order valence-corrected chi connectivity index (χ0v) is 13.0. The van der Waals surface area contributed by atoms with Crippen molar-refractivity contribution in [3.05, 3.63) is 28.8 Å². The van der Waals surface area contributed by atoms with Crippen molar-refractivity contribution in [2.45, 2.75) is 32.4 Å². The Balaban J connectivity index is 2.28. The number of carbonyl (C=O) groups excluding carboxylic acids is 1. The number of halogens is 1. The van der Waals surface area contributed by atoms with Gasteiger partial charge < -0.3 is 15.5 Å². The fourth-order valence-corrected chi connectivity index (χ4v) is 2.97. The van der Waals surface area contributed by atoms with Gasteiger partial charge in [0, 0.05) is 29.8 Å². The van der Waals surface area contributed by atoms with E-state index in [4.69, 9.17) is 11.6 Å². The molecule has 20 heavy (non-hydrogen) atoms. The van der Waals surface area contributed by atoms with Crippen molar-refractivity contribution < 1.29 is 4.79 Å². The molecule has 110 valence electrons. The zero-order chi connectivity index (χ0) is 14.7. The van der Waals surface area contributed by atoms with Gasteiger partial charge in [0.05, 0.1) is 0 Å². The molecule has 1 aromatic carbocycles. The first-order valence-electron chi connectivity index (χ1n) is 7.09. The maximum absolute atomic E-state index is 11.9. The van der Waals surface area contributed by atoms with Crippen LogP contribution in [-0.2, 0) is 4.79 Å². The smallest absolute Gasteiger partial charge is 0.242 e. The minimum absolute atomic E-state index is 0.0996. The Bertz CT molecular complexity index is 492. The van der Waals surface area contributed by atoms with Crippen LogP contribution in [0, 0.1) is 0 Å². The zero-order valence-electron chi connectivity index (χ0n) is 12.2. The monoisotopic (exact) mass is 295 g/mol. The van der Waals surface area contributed by atoms with Crippen molar-refractivity contribution in [2.24, 2.45) is 0 Å². The second kappa shape index (κ2) is 6.46. The van der Waals surface area contributed by atoms with Gasteiger partial charge in [-0.25, -0.2) is 0 Å². The standard InChI is InChI=1S/C15H22ClN3O/c1-4-14-15(20)18-7-8-19(14)11-5-6-12(10(2)17-3)13(16)9-11/h5-6,9-10,14,17H,4,7-8H2,1-3H3,(H,18,20). The van der Waals surface area contributed by atoms with E-state index in [-0.39, 0.29) is 18.0 Å². The summed E-state index contributed by atoms with van der Waals surface area (Å²) in [7, 11) is 1.91. The van der Waals surface area contributed by atoms with Gasteiger partial charge in [-0.1, -0.05) is 24.6 Å². The average molecular weight is 296 g/mol. The van der Waals surface area contributed by atoms with Gasteiger partial charge in [0.1, 0.15) is 6.04 Å². The molecular weight excluding hydrogens is 274 g/mol. The molecule has 0 spiro atoms. The summed E-state index contributed by atoms with van der Waals surface area (Å²) in [5.74, 6) is 0.0996. The van der Waals surface area contributed by atoms with Crippen LogP contribution in [0.5, 0.6) is 0 Å². The lowest BCUT2D eigenvalue weighted by atomic mass is 10.0. The van der Waals surface area contributed by atoms with Gasteiger partial charge in [0.25, 0.3) is 0 Å². The Labute approximate surface area is 125 Å². The second-order valence-electron chi connectivity index (χ2n) is 5.12. The average Bonchev–Trinajstić information content (AvgIpc) is 2.46. The number of piperazine rings is 1. The minimum Gasteiger partial charge on any atom is -0.358 e. The number of benzene rings is 1. The van der Waals surface area contributed by atoms with Crippen LogP contribution in [0.4, 0.5) is 5.69 Å². The van der Waals surface area contributed by atoms with E-state index < -0.39 is 0 Å². The van der Waals surface area contributed by atoms with Crippen LogP contribution in [-0.4, -0.2) is 32.1 Å². The molecule has 0 aliphatic carbocycles. The number of carbonyl (C=O) groups is 1. The SMILES string of the molecule is CCC1C(=O)NCCN1c1ccc(C(C)NC)c(Cl)c1. The summed E-state index contributed by atoms with van der Waals surface area (Å²) < 4.78 is 0. The molecule has 1 amide bonds. The predicted molar refractivity (Wildman–Crippen MR) is 83.4 cm³/mol. The highest BCUT2D eigenvalue weighted by Gasteiger charge is 2.28. The molecule has 2 atom stereocenters. The summed E-state index contributed by atoms with van der Waals surface area (Å²) in [4.78, 5) is 14.1. The van der Waals surface area contributed by atoms with E-state index >= 15 is 0 Å². The highest BCUT2D eigenvalue weighted by Crippen LogP contribution is 2.29. The van der Waals surface area contributed by atoms with Crippen molar-refractivity contribution in [3.63, 3.8) is 0 Å². The predicted octanol–water partition coefficient (Wildman–Crippen LogP) is 2.34. The van der Waals surface area contributed by atoms with Gasteiger partial charge in [0.2, 0.25) is 5.91 Å². The first kappa shape index (κ1) is 15.1. The van der Waals surface area contributed by atoms with Crippen LogP contribution < -0.4 is 15.5 Å². The number of nitrogens with one attached hydrogen (secondary N) is 2. The molecule has 1 fully saturated rings. The molecule has 1 heterocycles. The third-order valence-electron chi connectivity index (χ3n) is 3.93. The van der Waals surface area contributed by atoms with Crippen LogP contribution >= 0.6 is 11.6 Å². The maximum Gasteiger partial charge on any atom is 0.242 e. The highest BCUT2D eigenvalue weighted by atomic mass is 35.5. The fraction of sp³-hybridized carbons (Fsp3) is 0.533. The van der Waals surface area contributed by atoms with Gasteiger partial charge in [0.15, 0.2) is 0 Å². The lowest BCUT2D eigenvalue weighted by Crippen LogP contribution is -2.55. The number of rotatable bonds is 4. The van der Waals surface area contributed by atoms with E-state index in [0.717, 1.165) is 29.2 Å². The van der Waals surface area contributed by atoms with Crippen LogP contribution in [0.1, 0.15) is 31.9 Å². The van der Waals surface area contributed by atoms with Crippen molar-refractivity contribution in [2.75, 3.05) is 25.0 Å². The highest BCUT2D eigenvalue weighted by molar-refractivity contribution is 6.31. The number of hydrogen-bond acceptors (Lipinski definition) is 3. The lowest BCUT2D eigenvalue weighted by molar-refractivity contribution is -0.123. The Morgan fingerprint density at radius 2 is 2.30 bits per heavy atom. The van der Waals surface area contributed by atoms with Crippen molar-refractivity contribution in [3.8, 4) is 0 Å². The molecule has 1 aliphatic rings. The Morgan fingerprint density at radius 3 is 2.90 bits per heavy atom. The summed E-state index contributed by atoms with van der Waals surface area (Å²) in [5, 5.41) is 6.84. The van der Waals surface area contributed by atoms with Gasteiger partial charge in [-0.15, -0.1) is 0 Å². The summed E-state index contributed by atoms with van der Waals surface area (Å²) in [6.45, 7) is 5.61. The number of nitrogens with zero attached hydrogens (tertiary/aromatic N) is 1. The summed E-state index contributed by atoms with van der Waals surface area (Å²) in [5.41, 5.74) is 2.09. The number of anilines is 1. The van der Waals surface area contributed by atoms with E-state index in [9.17, 15) is 4.79 Å². The topological polar surface area (TPSA) is 44.4 Å². The summed E-state index contributed by atoms with van der Waals surface area (Å²) in [6.07, 6.45) is 0.790. The molecule has 1 aromatic rings. The van der Waals surface area contributed by atoms with Gasteiger partial charge in [-0.05, 0) is 38.1 Å². The molecule has 0 radical (unpaired) electrons. The molecule has 0 saturated carbocycles. The third kappa shape index (κ3) is 2.91. The van der Waals surface area contributed by atoms with Gasteiger partial charge >= 0.3 is 0 Å². The summed E-state index contributed by atoms with van der Waals surface area (Å²) >= 11 is 6.38. The molecule has 4 nitrogen and oxygen atoms in total. The Hall–Kier alpha value is -1.26. The van der Waals surface area contributed by atoms with Crippen molar-refractivity contribution >= 4 is 23.2 Å². The van der Waals surface area contributed by atoms with Gasteiger partial charge in [-0.2, -0.15) is 0 Å². The minimum atomic E-state index is -0.104. The Morgan fingerprint density at radius 1 is 1.55 bits per heavy atom. The molecule has 2 rings (SSSR count). The normalized spacial score (nSPS) is 20.7. The molecule has 2 N–H and O–H groups in total. The number of amides is 1. The quantitative estimate of drug-likeness (QED) is 0.896. The van der Waals surface area contributed by atoms with Crippen LogP contribution in [0.3, 0.4) is 0 Å². The van der Waals surface area contributed by atoms with Crippen molar-refractivity contribution in [1.29, 1.82) is 0 Å². The van der Waals surface area contributed by atoms with Crippen LogP contribution in [0.15, 0.2) is 18.2 Å². The molecule has 5 heteroatoms. The lowest BCUT2D eigenvalue weighted by Gasteiger charge is -2.36. The maximum atomic E-state index is 11.9. The fourth-order valence-electron chi connectivity index (χ4n) is 2.63. The second-order valence-corrected chi connectivity index (χ2v) is 5.53. The van der Waals surface area contributed by atoms with Crippen LogP contribution in [0.2, 0.25) is 5.02 Å². The third-order valence-corrected chi connectivity index (χ3v) is 4.26. The van der Waals surface area contributed by atoms with Gasteiger partial charge in [-0.3, -0.25) is 4.79 Å².